The molecule has 2 rings (SSSR count). The van der Waals surface area contributed by atoms with Crippen molar-refractivity contribution in [2.75, 3.05) is 0 Å². The molecule has 104 valence electrons. The van der Waals surface area contributed by atoms with E-state index in [9.17, 15) is 8.42 Å². The largest absolute Gasteiger partial charge is 0.464 e. The lowest BCUT2D eigenvalue weighted by molar-refractivity contribution is 0.372. The van der Waals surface area contributed by atoms with E-state index in [2.05, 4.69) is 14.9 Å². The molecule has 3 N–H and O–H groups in total. The molecule has 0 saturated heterocycles. The molecule has 2 aromatic rings. The van der Waals surface area contributed by atoms with Gasteiger partial charge < -0.3 is 14.7 Å². The van der Waals surface area contributed by atoms with Crippen molar-refractivity contribution in [2.45, 2.75) is 31.8 Å². The van der Waals surface area contributed by atoms with Crippen molar-refractivity contribution in [3.8, 4) is 0 Å². The number of aromatic nitrogens is 2. The minimum absolute atomic E-state index is 0.0594. The van der Waals surface area contributed by atoms with Crippen LogP contribution in [0, 0.1) is 13.8 Å². The van der Waals surface area contributed by atoms with Crippen molar-refractivity contribution < 1.29 is 17.4 Å². The van der Waals surface area contributed by atoms with Gasteiger partial charge >= 0.3 is 0 Å². The second-order valence-corrected chi connectivity index (χ2v) is 5.63. The third-order valence-electron chi connectivity index (χ3n) is 2.40. The third kappa shape index (κ3) is 3.00. The van der Waals surface area contributed by atoms with Crippen LogP contribution in [0.15, 0.2) is 19.9 Å². The second kappa shape index (κ2) is 5.11. The Bertz CT molecular complexity index is 674. The molecule has 0 aliphatic rings. The molecule has 0 fully saturated rings. The number of hydrogen-bond acceptors (Lipinski definition) is 7. The molecule has 0 radical (unpaired) electrons. The summed E-state index contributed by atoms with van der Waals surface area (Å²) in [6, 6.07) is 1.40. The molecular weight excluding hydrogens is 272 g/mol. The van der Waals surface area contributed by atoms with Gasteiger partial charge in [-0.05, 0) is 13.8 Å². The van der Waals surface area contributed by atoms with Gasteiger partial charge in [0.05, 0.1) is 13.1 Å². The molecule has 2 aromatic heterocycles. The number of sulfonamides is 1. The highest BCUT2D eigenvalue weighted by Crippen LogP contribution is 2.19. The lowest BCUT2D eigenvalue weighted by Crippen LogP contribution is -2.23. The monoisotopic (exact) mass is 286 g/mol. The summed E-state index contributed by atoms with van der Waals surface area (Å²) in [5, 5.41) is 3.57. The van der Waals surface area contributed by atoms with Crippen LogP contribution < -0.4 is 10.5 Å². The zero-order valence-corrected chi connectivity index (χ0v) is 11.3. The first-order valence-electron chi connectivity index (χ1n) is 5.50. The maximum absolute atomic E-state index is 12.1. The highest BCUT2D eigenvalue weighted by molar-refractivity contribution is 7.89. The molecule has 0 aromatic carbocycles. The molecular formula is C10H14N4O4S. The highest BCUT2D eigenvalue weighted by Gasteiger charge is 2.21. The van der Waals surface area contributed by atoms with Crippen LogP contribution in [0.5, 0.6) is 0 Å². The summed E-state index contributed by atoms with van der Waals surface area (Å²) in [4.78, 5) is 3.96. The lowest BCUT2D eigenvalue weighted by Gasteiger charge is -2.02. The van der Waals surface area contributed by atoms with Crippen LogP contribution in [0.3, 0.4) is 0 Å². The number of furan rings is 1. The third-order valence-corrected chi connectivity index (χ3v) is 3.91. The summed E-state index contributed by atoms with van der Waals surface area (Å²) in [7, 11) is -3.70. The number of hydrogen-bond donors (Lipinski definition) is 2. The van der Waals surface area contributed by atoms with Gasteiger partial charge in [0.2, 0.25) is 15.9 Å². The quantitative estimate of drug-likeness (QED) is 0.805. The van der Waals surface area contributed by atoms with Gasteiger partial charge in [0.1, 0.15) is 16.4 Å². The van der Waals surface area contributed by atoms with E-state index in [4.69, 9.17) is 14.7 Å². The molecule has 0 unspecified atom stereocenters. The maximum atomic E-state index is 12.1. The van der Waals surface area contributed by atoms with Crippen LogP contribution in [0.2, 0.25) is 0 Å². The number of nitrogens with two attached hydrogens (primary N) is 1. The number of rotatable bonds is 5. The van der Waals surface area contributed by atoms with E-state index >= 15 is 0 Å². The van der Waals surface area contributed by atoms with E-state index in [0.29, 0.717) is 11.6 Å². The summed E-state index contributed by atoms with van der Waals surface area (Å²) in [6.45, 7) is 3.27. The molecule has 8 nitrogen and oxygen atoms in total. The summed E-state index contributed by atoms with van der Waals surface area (Å²) in [6.07, 6.45) is 0. The van der Waals surface area contributed by atoms with Crippen molar-refractivity contribution in [3.05, 3.63) is 29.3 Å². The molecule has 0 atom stereocenters. The van der Waals surface area contributed by atoms with Gasteiger partial charge in [-0.25, -0.2) is 13.1 Å². The fourth-order valence-electron chi connectivity index (χ4n) is 1.54. The summed E-state index contributed by atoms with van der Waals surface area (Å²) in [5.41, 5.74) is 5.40. The molecule has 0 saturated carbocycles. The van der Waals surface area contributed by atoms with Gasteiger partial charge in [0.15, 0.2) is 5.82 Å². The Balaban J connectivity index is 2.15. The molecule has 0 amide bonds. The molecule has 2 heterocycles. The molecule has 9 heteroatoms. The first-order valence-corrected chi connectivity index (χ1v) is 6.99. The van der Waals surface area contributed by atoms with Gasteiger partial charge in [-0.1, -0.05) is 5.16 Å². The van der Waals surface area contributed by atoms with Crippen molar-refractivity contribution in [2.24, 2.45) is 5.73 Å². The minimum atomic E-state index is -3.70. The zero-order valence-electron chi connectivity index (χ0n) is 10.5. The Hall–Kier alpha value is -1.71. The number of nitrogens with zero attached hydrogens (tertiary/aromatic N) is 2. The fraction of sp³-hybridized carbons (Fsp3) is 0.400. The Morgan fingerprint density at radius 3 is 2.68 bits per heavy atom. The summed E-state index contributed by atoms with van der Waals surface area (Å²) < 4.78 is 36.5. The van der Waals surface area contributed by atoms with E-state index in [-0.39, 0.29) is 29.6 Å². The Kier molecular flexibility index (Phi) is 3.69. The topological polar surface area (TPSA) is 124 Å². The van der Waals surface area contributed by atoms with E-state index in [1.807, 2.05) is 0 Å². The van der Waals surface area contributed by atoms with Crippen LogP contribution in [0.25, 0.3) is 0 Å². The molecule has 0 bridgehead atoms. The van der Waals surface area contributed by atoms with E-state index < -0.39 is 10.0 Å². The highest BCUT2D eigenvalue weighted by atomic mass is 32.2. The van der Waals surface area contributed by atoms with Gasteiger partial charge in [0, 0.05) is 6.07 Å². The Morgan fingerprint density at radius 1 is 1.42 bits per heavy atom. The van der Waals surface area contributed by atoms with Crippen LogP contribution in [0.1, 0.15) is 23.2 Å². The second-order valence-electron chi connectivity index (χ2n) is 3.90. The number of nitrogens with one attached hydrogen (secondary N) is 1. The SMILES string of the molecule is Cc1noc(CNS(=O)(=O)c2cc(CN)oc2C)n1. The maximum Gasteiger partial charge on any atom is 0.244 e. The van der Waals surface area contributed by atoms with Crippen LogP contribution in [-0.2, 0) is 23.1 Å². The number of aryl methyl sites for hydroxylation is 2. The Labute approximate surface area is 110 Å². The van der Waals surface area contributed by atoms with Crippen LogP contribution in [0.4, 0.5) is 0 Å². The Morgan fingerprint density at radius 2 is 2.16 bits per heavy atom. The van der Waals surface area contributed by atoms with E-state index in [1.54, 1.807) is 13.8 Å². The predicted molar refractivity (Wildman–Crippen MR) is 64.4 cm³/mol. The molecule has 0 aliphatic carbocycles. The van der Waals surface area contributed by atoms with Crippen LogP contribution >= 0.6 is 0 Å². The van der Waals surface area contributed by atoms with Gasteiger partial charge in [-0.15, -0.1) is 0 Å². The molecule has 0 aliphatic heterocycles. The van der Waals surface area contributed by atoms with Crippen molar-refractivity contribution >= 4 is 10.0 Å². The first kappa shape index (κ1) is 13.7. The van der Waals surface area contributed by atoms with Crippen molar-refractivity contribution in [1.82, 2.24) is 14.9 Å². The normalized spacial score (nSPS) is 11.9. The van der Waals surface area contributed by atoms with Gasteiger partial charge in [-0.3, -0.25) is 0 Å². The van der Waals surface area contributed by atoms with Gasteiger partial charge in [0.25, 0.3) is 0 Å². The smallest absolute Gasteiger partial charge is 0.244 e. The van der Waals surface area contributed by atoms with Crippen molar-refractivity contribution in [3.63, 3.8) is 0 Å². The van der Waals surface area contributed by atoms with E-state index in [0.717, 1.165) is 0 Å². The lowest BCUT2D eigenvalue weighted by atomic mass is 10.4. The first-order chi connectivity index (χ1) is 8.92. The summed E-state index contributed by atoms with van der Waals surface area (Å²) >= 11 is 0. The zero-order chi connectivity index (χ0) is 14.0. The molecule has 19 heavy (non-hydrogen) atoms. The fourth-order valence-corrected chi connectivity index (χ4v) is 2.71. The average Bonchev–Trinajstić information content (AvgIpc) is 2.93. The summed E-state index contributed by atoms with van der Waals surface area (Å²) in [5.74, 6) is 1.33. The molecule has 0 spiro atoms. The standard InChI is InChI=1S/C10H14N4O4S/c1-6-9(3-8(4-11)17-6)19(15,16)12-5-10-13-7(2)14-18-10/h3,12H,4-5,11H2,1-2H3. The van der Waals surface area contributed by atoms with E-state index in [1.165, 1.54) is 6.07 Å². The van der Waals surface area contributed by atoms with Gasteiger partial charge in [-0.2, -0.15) is 4.98 Å². The average molecular weight is 286 g/mol. The van der Waals surface area contributed by atoms with Crippen molar-refractivity contribution in [1.29, 1.82) is 0 Å². The predicted octanol–water partition coefficient (Wildman–Crippen LogP) is 0.217. The van der Waals surface area contributed by atoms with Crippen LogP contribution in [-0.4, -0.2) is 18.6 Å². The minimum Gasteiger partial charge on any atom is -0.464 e.